The number of hydrogen-bond acceptors (Lipinski definition) is 3. The van der Waals surface area contributed by atoms with Crippen molar-refractivity contribution in [2.45, 2.75) is 20.0 Å². The van der Waals surface area contributed by atoms with Crippen LogP contribution in [0.5, 0.6) is 0 Å². The van der Waals surface area contributed by atoms with Crippen LogP contribution in [0, 0.1) is 6.92 Å². The van der Waals surface area contributed by atoms with E-state index in [0.717, 1.165) is 16.8 Å². The highest BCUT2D eigenvalue weighted by Gasteiger charge is 2.09. The number of benzene rings is 2. The first-order valence-corrected chi connectivity index (χ1v) is 11.2. The lowest BCUT2D eigenvalue weighted by molar-refractivity contribution is 0.668. The minimum Gasteiger partial charge on any atom is -0.316 e. The molecule has 0 aliphatic rings. The summed E-state index contributed by atoms with van der Waals surface area (Å²) >= 11 is 23.5. The van der Waals surface area contributed by atoms with Crippen molar-refractivity contribution in [1.82, 2.24) is 19.6 Å². The third-order valence-electron chi connectivity index (χ3n) is 4.68. The largest absolute Gasteiger partial charge is 0.316 e. The van der Waals surface area contributed by atoms with Gasteiger partial charge in [-0.2, -0.15) is 10.2 Å². The average molecular weight is 506 g/mol. The lowest BCUT2D eigenvalue weighted by Crippen LogP contribution is -2.20. The Morgan fingerprint density at radius 1 is 0.844 bits per heavy atom. The molecule has 4 rings (SSSR count). The third kappa shape index (κ3) is 5.81. The minimum atomic E-state index is 0.404. The SMILES string of the molecule is Cc1cc(NC(=S)Nc2ccn(Cc3ccc(Cl)cc3)n2)nn1Cc1ccc(Cl)c(Cl)c1. The number of aromatic nitrogens is 4. The van der Waals surface area contributed by atoms with E-state index in [-0.39, 0.29) is 0 Å². The van der Waals surface area contributed by atoms with E-state index < -0.39 is 0 Å². The maximum absolute atomic E-state index is 6.11. The molecule has 0 aliphatic carbocycles. The summed E-state index contributed by atoms with van der Waals surface area (Å²) in [6.45, 7) is 3.18. The number of anilines is 2. The molecule has 0 bridgehead atoms. The van der Waals surface area contributed by atoms with Gasteiger partial charge in [0.25, 0.3) is 0 Å². The van der Waals surface area contributed by atoms with Crippen LogP contribution in [0.1, 0.15) is 16.8 Å². The van der Waals surface area contributed by atoms with E-state index >= 15 is 0 Å². The molecule has 0 atom stereocenters. The van der Waals surface area contributed by atoms with Crippen molar-refractivity contribution in [2.24, 2.45) is 0 Å². The summed E-state index contributed by atoms with van der Waals surface area (Å²) in [5.74, 6) is 1.28. The maximum atomic E-state index is 6.11. The average Bonchev–Trinajstić information content (AvgIpc) is 3.32. The van der Waals surface area contributed by atoms with E-state index in [1.54, 1.807) is 6.07 Å². The Balaban J connectivity index is 1.35. The summed E-state index contributed by atoms with van der Waals surface area (Å²) in [5, 5.41) is 17.4. The molecule has 0 unspecified atom stereocenters. The van der Waals surface area contributed by atoms with Gasteiger partial charge in [-0.3, -0.25) is 9.36 Å². The fourth-order valence-electron chi connectivity index (χ4n) is 3.10. The van der Waals surface area contributed by atoms with Gasteiger partial charge >= 0.3 is 0 Å². The van der Waals surface area contributed by atoms with Crippen molar-refractivity contribution in [3.63, 3.8) is 0 Å². The van der Waals surface area contributed by atoms with Gasteiger partial charge < -0.3 is 10.6 Å². The number of nitrogens with zero attached hydrogens (tertiary/aromatic N) is 4. The van der Waals surface area contributed by atoms with Gasteiger partial charge in [-0.15, -0.1) is 0 Å². The lowest BCUT2D eigenvalue weighted by Gasteiger charge is -2.07. The van der Waals surface area contributed by atoms with Gasteiger partial charge in [-0.05, 0) is 54.5 Å². The molecular formula is C22H19Cl3N6S. The van der Waals surface area contributed by atoms with Crippen molar-refractivity contribution in [3.05, 3.63) is 92.7 Å². The zero-order valence-electron chi connectivity index (χ0n) is 17.0. The van der Waals surface area contributed by atoms with E-state index in [2.05, 4.69) is 20.8 Å². The smallest absolute Gasteiger partial charge is 0.177 e. The normalized spacial score (nSPS) is 10.9. The van der Waals surface area contributed by atoms with Crippen LogP contribution in [0.4, 0.5) is 11.6 Å². The first-order valence-electron chi connectivity index (χ1n) is 9.70. The predicted octanol–water partition coefficient (Wildman–Crippen LogP) is 6.25. The van der Waals surface area contributed by atoms with Gasteiger partial charge in [0.2, 0.25) is 0 Å². The molecule has 32 heavy (non-hydrogen) atoms. The lowest BCUT2D eigenvalue weighted by atomic mass is 10.2. The molecule has 0 fully saturated rings. The van der Waals surface area contributed by atoms with Crippen molar-refractivity contribution < 1.29 is 0 Å². The fourth-order valence-corrected chi connectivity index (χ4v) is 3.76. The Labute approximate surface area is 206 Å². The van der Waals surface area contributed by atoms with Crippen LogP contribution < -0.4 is 10.6 Å². The number of thiocarbonyl (C=S) groups is 1. The van der Waals surface area contributed by atoms with Crippen LogP contribution >= 0.6 is 47.0 Å². The number of nitrogens with one attached hydrogen (secondary N) is 2. The van der Waals surface area contributed by atoms with Crippen LogP contribution in [-0.2, 0) is 13.1 Å². The summed E-state index contributed by atoms with van der Waals surface area (Å²) in [5.41, 5.74) is 3.09. The summed E-state index contributed by atoms with van der Waals surface area (Å²) < 4.78 is 3.69. The van der Waals surface area contributed by atoms with Gasteiger partial charge in [0.05, 0.1) is 23.1 Å². The molecule has 0 spiro atoms. The van der Waals surface area contributed by atoms with Gasteiger partial charge in [0, 0.05) is 29.0 Å². The maximum Gasteiger partial charge on any atom is 0.177 e. The van der Waals surface area contributed by atoms with Gasteiger partial charge in [-0.25, -0.2) is 0 Å². The second-order valence-corrected chi connectivity index (χ2v) is 8.84. The monoisotopic (exact) mass is 504 g/mol. The molecule has 4 aromatic rings. The Kier molecular flexibility index (Phi) is 7.01. The fraction of sp³-hybridized carbons (Fsp3) is 0.136. The number of halogens is 3. The van der Waals surface area contributed by atoms with E-state index in [0.29, 0.717) is 44.9 Å². The topological polar surface area (TPSA) is 59.7 Å². The Morgan fingerprint density at radius 2 is 1.56 bits per heavy atom. The van der Waals surface area contributed by atoms with Crippen LogP contribution in [0.25, 0.3) is 0 Å². The van der Waals surface area contributed by atoms with Gasteiger partial charge in [-0.1, -0.05) is 53.0 Å². The molecule has 2 aromatic carbocycles. The molecule has 2 N–H and O–H groups in total. The summed E-state index contributed by atoms with van der Waals surface area (Å²) in [6.07, 6.45) is 1.88. The van der Waals surface area contributed by atoms with E-state index in [1.807, 2.05) is 71.0 Å². The highest BCUT2D eigenvalue weighted by atomic mass is 35.5. The molecule has 2 heterocycles. The van der Waals surface area contributed by atoms with Crippen molar-refractivity contribution in [3.8, 4) is 0 Å². The standard InChI is InChI=1S/C22H19Cl3N6S/c1-14-10-21(29-31(14)13-16-4-7-18(24)19(25)11-16)27-22(32)26-20-8-9-30(28-20)12-15-2-5-17(23)6-3-15/h2-11H,12-13H2,1H3,(H2,26,27,28,29,32). The predicted molar refractivity (Wildman–Crippen MR) is 135 cm³/mol. The zero-order chi connectivity index (χ0) is 22.7. The zero-order valence-corrected chi connectivity index (χ0v) is 20.1. The first kappa shape index (κ1) is 22.6. The van der Waals surface area contributed by atoms with Crippen molar-refractivity contribution >= 4 is 63.8 Å². The molecule has 6 nitrogen and oxygen atoms in total. The molecule has 2 aromatic heterocycles. The molecule has 0 aliphatic heterocycles. The Bertz CT molecular complexity index is 1250. The first-order chi connectivity index (χ1) is 15.4. The molecule has 164 valence electrons. The number of rotatable bonds is 6. The van der Waals surface area contributed by atoms with E-state index in [4.69, 9.17) is 47.0 Å². The third-order valence-corrected chi connectivity index (χ3v) is 5.87. The quantitative estimate of drug-likeness (QED) is 0.303. The molecule has 0 amide bonds. The van der Waals surface area contributed by atoms with Crippen LogP contribution in [0.2, 0.25) is 15.1 Å². The van der Waals surface area contributed by atoms with E-state index in [9.17, 15) is 0 Å². The minimum absolute atomic E-state index is 0.404. The second kappa shape index (κ2) is 9.92. The van der Waals surface area contributed by atoms with Crippen LogP contribution in [-0.4, -0.2) is 24.7 Å². The highest BCUT2D eigenvalue weighted by Crippen LogP contribution is 2.23. The Morgan fingerprint density at radius 3 is 2.31 bits per heavy atom. The summed E-state index contributed by atoms with van der Waals surface area (Å²) in [4.78, 5) is 0. The molecular weight excluding hydrogens is 487 g/mol. The van der Waals surface area contributed by atoms with Crippen LogP contribution in [0.3, 0.4) is 0 Å². The highest BCUT2D eigenvalue weighted by molar-refractivity contribution is 7.80. The molecule has 0 saturated carbocycles. The van der Waals surface area contributed by atoms with Crippen molar-refractivity contribution in [2.75, 3.05) is 10.6 Å². The number of aryl methyl sites for hydroxylation is 1. The molecule has 0 saturated heterocycles. The van der Waals surface area contributed by atoms with Crippen LogP contribution in [0.15, 0.2) is 60.8 Å². The number of hydrogen-bond donors (Lipinski definition) is 2. The van der Waals surface area contributed by atoms with E-state index in [1.165, 1.54) is 0 Å². The summed E-state index contributed by atoms with van der Waals surface area (Å²) in [6, 6.07) is 17.0. The van der Waals surface area contributed by atoms with Gasteiger partial charge in [0.15, 0.2) is 16.7 Å². The summed E-state index contributed by atoms with van der Waals surface area (Å²) in [7, 11) is 0. The van der Waals surface area contributed by atoms with Gasteiger partial charge in [0.1, 0.15) is 0 Å². The Hall–Kier alpha value is -2.58. The molecule has 10 heteroatoms. The second-order valence-electron chi connectivity index (χ2n) is 7.18. The molecule has 0 radical (unpaired) electrons. The van der Waals surface area contributed by atoms with Crippen molar-refractivity contribution in [1.29, 1.82) is 0 Å².